The van der Waals surface area contributed by atoms with E-state index in [1.54, 1.807) is 23.1 Å². The predicted molar refractivity (Wildman–Crippen MR) is 115 cm³/mol. The van der Waals surface area contributed by atoms with E-state index in [0.29, 0.717) is 10.7 Å². The zero-order chi connectivity index (χ0) is 18.4. The Morgan fingerprint density at radius 2 is 2.00 bits per heavy atom. The molecule has 27 heavy (non-hydrogen) atoms. The molecular formula is C22H18N2OS2. The lowest BCUT2D eigenvalue weighted by Crippen LogP contribution is -2.11. The number of hydrogen-bond acceptors (Lipinski definition) is 4. The third-order valence-corrected chi connectivity index (χ3v) is 6.77. The number of anilines is 1. The third-order valence-electron chi connectivity index (χ3n) is 4.98. The summed E-state index contributed by atoms with van der Waals surface area (Å²) < 4.78 is 1.14. The SMILES string of the molecule is CCSc1cccc(C(=O)Nc2nc3c(cc4c5c(cccc53)CC4)s2)c1. The summed E-state index contributed by atoms with van der Waals surface area (Å²) in [6.45, 7) is 2.11. The Morgan fingerprint density at radius 3 is 2.89 bits per heavy atom. The highest BCUT2D eigenvalue weighted by molar-refractivity contribution is 7.99. The van der Waals surface area contributed by atoms with Crippen LogP contribution in [0.25, 0.3) is 21.0 Å². The first-order valence-corrected chi connectivity index (χ1v) is 10.9. The summed E-state index contributed by atoms with van der Waals surface area (Å²) in [5.74, 6) is 0.880. The Hall–Kier alpha value is -2.37. The van der Waals surface area contributed by atoms with Crippen molar-refractivity contribution in [2.45, 2.75) is 24.7 Å². The van der Waals surface area contributed by atoms with Crippen LogP contribution >= 0.6 is 23.1 Å². The molecule has 0 atom stereocenters. The molecular weight excluding hydrogens is 372 g/mol. The fourth-order valence-corrected chi connectivity index (χ4v) is 5.48. The van der Waals surface area contributed by atoms with Crippen LogP contribution in [-0.4, -0.2) is 16.6 Å². The van der Waals surface area contributed by atoms with Crippen molar-refractivity contribution in [3.8, 4) is 0 Å². The van der Waals surface area contributed by atoms with Crippen molar-refractivity contribution in [3.63, 3.8) is 0 Å². The van der Waals surface area contributed by atoms with Crippen LogP contribution in [0.5, 0.6) is 0 Å². The maximum absolute atomic E-state index is 12.7. The van der Waals surface area contributed by atoms with Gasteiger partial charge in [-0.25, -0.2) is 4.98 Å². The van der Waals surface area contributed by atoms with Gasteiger partial charge in [-0.2, -0.15) is 0 Å². The van der Waals surface area contributed by atoms with E-state index in [2.05, 4.69) is 36.5 Å². The van der Waals surface area contributed by atoms with E-state index in [0.717, 1.165) is 33.7 Å². The van der Waals surface area contributed by atoms with E-state index in [-0.39, 0.29) is 5.91 Å². The molecule has 0 aliphatic heterocycles. The number of amides is 1. The number of nitrogens with zero attached hydrogens (tertiary/aromatic N) is 1. The highest BCUT2D eigenvalue weighted by Gasteiger charge is 2.19. The lowest BCUT2D eigenvalue weighted by atomic mass is 10.0. The van der Waals surface area contributed by atoms with Crippen molar-refractivity contribution in [1.82, 2.24) is 4.98 Å². The number of carbonyl (C=O) groups is 1. The van der Waals surface area contributed by atoms with Crippen LogP contribution in [-0.2, 0) is 12.8 Å². The second-order valence-corrected chi connectivity index (χ2v) is 9.02. The number of fused-ring (bicyclic) bond motifs is 2. The average Bonchev–Trinajstić information content (AvgIpc) is 3.28. The number of nitrogens with one attached hydrogen (secondary N) is 1. The molecule has 0 unspecified atom stereocenters. The van der Waals surface area contributed by atoms with Crippen LogP contribution in [0.2, 0.25) is 0 Å². The molecule has 1 aromatic heterocycles. The zero-order valence-electron chi connectivity index (χ0n) is 14.9. The van der Waals surface area contributed by atoms with Gasteiger partial charge in [0.05, 0.1) is 10.2 Å². The van der Waals surface area contributed by atoms with Crippen LogP contribution < -0.4 is 5.32 Å². The van der Waals surface area contributed by atoms with Gasteiger partial charge in [0.15, 0.2) is 5.13 Å². The van der Waals surface area contributed by atoms with Crippen molar-refractivity contribution >= 4 is 55.1 Å². The molecule has 3 aromatic carbocycles. The normalized spacial score (nSPS) is 12.8. The second kappa shape index (κ2) is 6.66. The number of carbonyl (C=O) groups excluding carboxylic acids is 1. The van der Waals surface area contributed by atoms with Crippen LogP contribution in [0.1, 0.15) is 28.4 Å². The minimum absolute atomic E-state index is 0.107. The molecule has 0 saturated carbocycles. The summed E-state index contributed by atoms with van der Waals surface area (Å²) in [6, 6.07) is 16.5. The van der Waals surface area contributed by atoms with Crippen LogP contribution in [0.4, 0.5) is 5.13 Å². The van der Waals surface area contributed by atoms with Gasteiger partial charge in [0.1, 0.15) is 0 Å². The molecule has 134 valence electrons. The summed E-state index contributed by atoms with van der Waals surface area (Å²) in [5.41, 5.74) is 4.47. The quantitative estimate of drug-likeness (QED) is 0.440. The van der Waals surface area contributed by atoms with Crippen LogP contribution in [0, 0.1) is 0 Å². The van der Waals surface area contributed by atoms with E-state index in [1.807, 2.05) is 24.3 Å². The van der Waals surface area contributed by atoms with Gasteiger partial charge in [-0.15, -0.1) is 11.8 Å². The Labute approximate surface area is 165 Å². The highest BCUT2D eigenvalue weighted by atomic mass is 32.2. The van der Waals surface area contributed by atoms with Gasteiger partial charge in [0.25, 0.3) is 5.91 Å². The van der Waals surface area contributed by atoms with Crippen LogP contribution in [0.15, 0.2) is 53.4 Å². The molecule has 3 nitrogen and oxygen atoms in total. The third kappa shape index (κ3) is 2.91. The lowest BCUT2D eigenvalue weighted by molar-refractivity contribution is 0.102. The van der Waals surface area contributed by atoms with Gasteiger partial charge in [-0.05, 0) is 59.4 Å². The first-order valence-electron chi connectivity index (χ1n) is 9.11. The first-order chi connectivity index (χ1) is 13.2. The molecule has 0 radical (unpaired) electrons. The molecule has 5 heteroatoms. The minimum atomic E-state index is -0.107. The number of aromatic nitrogens is 1. The maximum atomic E-state index is 12.7. The molecule has 4 aromatic rings. The summed E-state index contributed by atoms with van der Waals surface area (Å²) in [7, 11) is 0. The fraction of sp³-hybridized carbons (Fsp3) is 0.182. The van der Waals surface area contributed by atoms with Crippen molar-refractivity contribution in [3.05, 3.63) is 65.2 Å². The van der Waals surface area contributed by atoms with Crippen LogP contribution in [0.3, 0.4) is 0 Å². The maximum Gasteiger partial charge on any atom is 0.257 e. The molecule has 1 N–H and O–H groups in total. The van der Waals surface area contributed by atoms with E-state index < -0.39 is 0 Å². The van der Waals surface area contributed by atoms with Gasteiger partial charge in [0.2, 0.25) is 0 Å². The Balaban J connectivity index is 1.51. The lowest BCUT2D eigenvalue weighted by Gasteiger charge is -2.04. The monoisotopic (exact) mass is 390 g/mol. The van der Waals surface area contributed by atoms with Gasteiger partial charge >= 0.3 is 0 Å². The average molecular weight is 391 g/mol. The number of thiazole rings is 1. The Bertz CT molecular complexity index is 1200. The number of rotatable bonds is 4. The topological polar surface area (TPSA) is 42.0 Å². The standard InChI is InChI=1S/C22H18N2OS2/c1-2-26-16-7-3-6-15(11-16)21(25)24-22-23-20-17-8-4-5-13-9-10-14(19(13)17)12-18(20)27-22/h3-8,11-12H,2,9-10H2,1H3,(H,23,24,25). The predicted octanol–water partition coefficient (Wildman–Crippen LogP) is 5.91. The number of hydrogen-bond donors (Lipinski definition) is 1. The Morgan fingerprint density at radius 1 is 1.15 bits per heavy atom. The van der Waals surface area contributed by atoms with E-state index in [4.69, 9.17) is 4.98 Å². The van der Waals surface area contributed by atoms with Crippen molar-refractivity contribution in [2.75, 3.05) is 11.1 Å². The van der Waals surface area contributed by atoms with E-state index in [1.165, 1.54) is 21.9 Å². The molecule has 0 bridgehead atoms. The zero-order valence-corrected chi connectivity index (χ0v) is 16.5. The number of thioether (sulfide) groups is 1. The number of benzene rings is 3. The smallest absolute Gasteiger partial charge is 0.257 e. The first kappa shape index (κ1) is 16.8. The van der Waals surface area contributed by atoms with Crippen molar-refractivity contribution < 1.29 is 4.79 Å². The highest BCUT2D eigenvalue weighted by Crippen LogP contribution is 2.39. The molecule has 0 fully saturated rings. The van der Waals surface area contributed by atoms with Crippen molar-refractivity contribution in [1.29, 1.82) is 0 Å². The summed E-state index contributed by atoms with van der Waals surface area (Å²) in [4.78, 5) is 18.6. The fourth-order valence-electron chi connectivity index (χ4n) is 3.82. The molecule has 5 rings (SSSR count). The minimum Gasteiger partial charge on any atom is -0.298 e. The summed E-state index contributed by atoms with van der Waals surface area (Å²) in [5, 5.41) is 6.22. The summed E-state index contributed by atoms with van der Waals surface area (Å²) >= 11 is 3.29. The van der Waals surface area contributed by atoms with E-state index in [9.17, 15) is 4.79 Å². The van der Waals surface area contributed by atoms with Gasteiger partial charge < -0.3 is 0 Å². The summed E-state index contributed by atoms with van der Waals surface area (Å²) in [6.07, 6.45) is 2.20. The molecule has 1 amide bonds. The second-order valence-electron chi connectivity index (χ2n) is 6.66. The molecule has 0 saturated heterocycles. The van der Waals surface area contributed by atoms with E-state index >= 15 is 0 Å². The number of aryl methyl sites for hydroxylation is 2. The Kier molecular flexibility index (Phi) is 4.14. The largest absolute Gasteiger partial charge is 0.298 e. The van der Waals surface area contributed by atoms with Gasteiger partial charge in [0, 0.05) is 15.8 Å². The molecule has 1 aliphatic carbocycles. The van der Waals surface area contributed by atoms with Gasteiger partial charge in [-0.3, -0.25) is 10.1 Å². The van der Waals surface area contributed by atoms with Crippen molar-refractivity contribution in [2.24, 2.45) is 0 Å². The molecule has 0 spiro atoms. The molecule has 1 aliphatic rings. The molecule has 1 heterocycles. The van der Waals surface area contributed by atoms with Gasteiger partial charge in [-0.1, -0.05) is 42.5 Å².